The number of likely N-dealkylation sites (N-methyl/N-ethyl adjacent to an activating group) is 1. The summed E-state index contributed by atoms with van der Waals surface area (Å²) in [6.07, 6.45) is 2.40. The van der Waals surface area contributed by atoms with Gasteiger partial charge in [0.2, 0.25) is 0 Å². The van der Waals surface area contributed by atoms with E-state index in [-0.39, 0.29) is 0 Å². The van der Waals surface area contributed by atoms with Crippen LogP contribution < -0.4 is 5.32 Å². The molecule has 1 aromatic carbocycles. The summed E-state index contributed by atoms with van der Waals surface area (Å²) in [4.78, 5) is 2.58. The third-order valence-corrected chi connectivity index (χ3v) is 3.73. The average molecular weight is 262 g/mol. The van der Waals surface area contributed by atoms with Gasteiger partial charge in [0.25, 0.3) is 0 Å². The Hall–Kier alpha value is -0.900. The highest BCUT2D eigenvalue weighted by molar-refractivity contribution is 5.14. The Balaban J connectivity index is 1.73. The second kappa shape index (κ2) is 8.31. The number of morpholine rings is 1. The fourth-order valence-electron chi connectivity index (χ4n) is 2.61. The first-order valence-electron chi connectivity index (χ1n) is 7.46. The van der Waals surface area contributed by atoms with Crippen LogP contribution in [0.15, 0.2) is 30.3 Å². The van der Waals surface area contributed by atoms with Gasteiger partial charge in [-0.05, 0) is 31.5 Å². The van der Waals surface area contributed by atoms with E-state index in [1.165, 1.54) is 24.9 Å². The Morgan fingerprint density at radius 1 is 1.32 bits per heavy atom. The average Bonchev–Trinajstić information content (AvgIpc) is 2.47. The quantitative estimate of drug-likeness (QED) is 0.812. The molecular weight excluding hydrogens is 236 g/mol. The van der Waals surface area contributed by atoms with Gasteiger partial charge in [-0.2, -0.15) is 0 Å². The highest BCUT2D eigenvalue weighted by atomic mass is 16.5. The van der Waals surface area contributed by atoms with Crippen molar-refractivity contribution in [3.05, 3.63) is 35.9 Å². The molecule has 0 radical (unpaired) electrons. The first-order chi connectivity index (χ1) is 9.40. The second-order valence-electron chi connectivity index (χ2n) is 5.16. The zero-order chi connectivity index (χ0) is 13.3. The molecule has 0 spiro atoms. The lowest BCUT2D eigenvalue weighted by Crippen LogP contribution is -2.50. The number of nitrogens with one attached hydrogen (secondary N) is 1. The molecule has 1 saturated heterocycles. The molecule has 0 amide bonds. The zero-order valence-corrected chi connectivity index (χ0v) is 12.0. The maximum absolute atomic E-state index is 5.59. The van der Waals surface area contributed by atoms with Crippen molar-refractivity contribution >= 4 is 0 Å². The third kappa shape index (κ3) is 4.94. The molecule has 1 N–H and O–H groups in total. The highest BCUT2D eigenvalue weighted by Gasteiger charge is 2.21. The number of nitrogens with zero attached hydrogens (tertiary/aromatic N) is 1. The summed E-state index contributed by atoms with van der Waals surface area (Å²) in [7, 11) is 0. The second-order valence-corrected chi connectivity index (χ2v) is 5.16. The lowest BCUT2D eigenvalue weighted by atomic mass is 10.1. The van der Waals surface area contributed by atoms with E-state index in [1.807, 2.05) is 0 Å². The lowest BCUT2D eigenvalue weighted by molar-refractivity contribution is -0.00694. The molecule has 0 saturated carbocycles. The largest absolute Gasteiger partial charge is 0.378 e. The van der Waals surface area contributed by atoms with Crippen molar-refractivity contribution < 1.29 is 4.74 Å². The zero-order valence-electron chi connectivity index (χ0n) is 12.0. The molecule has 19 heavy (non-hydrogen) atoms. The minimum Gasteiger partial charge on any atom is -0.378 e. The Bertz CT molecular complexity index is 342. The summed E-state index contributed by atoms with van der Waals surface area (Å²) in [6, 6.07) is 11.3. The van der Waals surface area contributed by atoms with E-state index >= 15 is 0 Å². The normalized spacial score (nSPS) is 20.6. The van der Waals surface area contributed by atoms with Crippen LogP contribution in [0.4, 0.5) is 0 Å². The van der Waals surface area contributed by atoms with Crippen LogP contribution in [0.25, 0.3) is 0 Å². The molecule has 106 valence electrons. The van der Waals surface area contributed by atoms with Crippen molar-refractivity contribution in [3.8, 4) is 0 Å². The summed E-state index contributed by atoms with van der Waals surface area (Å²) in [6.45, 7) is 8.24. The number of benzene rings is 1. The van der Waals surface area contributed by atoms with Crippen LogP contribution in [0.5, 0.6) is 0 Å². The molecule has 0 bridgehead atoms. The van der Waals surface area contributed by atoms with Crippen molar-refractivity contribution in [2.75, 3.05) is 39.4 Å². The molecule has 1 heterocycles. The third-order valence-electron chi connectivity index (χ3n) is 3.73. The number of rotatable bonds is 7. The van der Waals surface area contributed by atoms with Gasteiger partial charge in [-0.3, -0.25) is 4.90 Å². The summed E-state index contributed by atoms with van der Waals surface area (Å²) in [5.41, 5.74) is 1.44. The van der Waals surface area contributed by atoms with Crippen molar-refractivity contribution in [3.63, 3.8) is 0 Å². The number of hydrogen-bond acceptors (Lipinski definition) is 3. The SMILES string of the molecule is CCNCC1COCCN1CCCc1ccccc1. The highest BCUT2D eigenvalue weighted by Crippen LogP contribution is 2.09. The van der Waals surface area contributed by atoms with Gasteiger partial charge in [0.05, 0.1) is 13.2 Å². The van der Waals surface area contributed by atoms with Gasteiger partial charge < -0.3 is 10.1 Å². The predicted octanol–water partition coefficient (Wildman–Crippen LogP) is 1.93. The molecule has 2 rings (SSSR count). The molecule has 1 fully saturated rings. The summed E-state index contributed by atoms with van der Waals surface area (Å²) >= 11 is 0. The van der Waals surface area contributed by atoms with Crippen LogP contribution in [0.1, 0.15) is 18.9 Å². The minimum absolute atomic E-state index is 0.546. The molecule has 1 unspecified atom stereocenters. The molecule has 1 aliphatic rings. The minimum atomic E-state index is 0.546. The standard InChI is InChI=1S/C16H26N2O/c1-2-17-13-16-14-19-12-11-18(16)10-6-9-15-7-4-3-5-8-15/h3-5,7-8,16-17H,2,6,9-14H2,1H3. The van der Waals surface area contributed by atoms with E-state index in [9.17, 15) is 0 Å². The molecule has 3 heteroatoms. The van der Waals surface area contributed by atoms with E-state index < -0.39 is 0 Å². The summed E-state index contributed by atoms with van der Waals surface area (Å²) in [5, 5.41) is 3.43. The Morgan fingerprint density at radius 3 is 2.95 bits per heavy atom. The molecule has 0 aliphatic carbocycles. The van der Waals surface area contributed by atoms with Gasteiger partial charge in [-0.15, -0.1) is 0 Å². The van der Waals surface area contributed by atoms with E-state index in [0.29, 0.717) is 6.04 Å². The monoisotopic (exact) mass is 262 g/mol. The van der Waals surface area contributed by atoms with E-state index in [2.05, 4.69) is 47.5 Å². The Labute approximate surface area is 116 Å². The fraction of sp³-hybridized carbons (Fsp3) is 0.625. The molecule has 0 aromatic heterocycles. The van der Waals surface area contributed by atoms with Gasteiger partial charge in [0, 0.05) is 19.1 Å². The topological polar surface area (TPSA) is 24.5 Å². The van der Waals surface area contributed by atoms with Crippen LogP contribution in [0.3, 0.4) is 0 Å². The van der Waals surface area contributed by atoms with E-state index in [1.54, 1.807) is 0 Å². The van der Waals surface area contributed by atoms with Crippen molar-refractivity contribution in [2.45, 2.75) is 25.8 Å². The molecule has 1 atom stereocenters. The van der Waals surface area contributed by atoms with Crippen LogP contribution in [-0.4, -0.2) is 50.3 Å². The number of aryl methyl sites for hydroxylation is 1. The van der Waals surface area contributed by atoms with Gasteiger partial charge in [0.15, 0.2) is 0 Å². The van der Waals surface area contributed by atoms with Gasteiger partial charge in [-0.25, -0.2) is 0 Å². The van der Waals surface area contributed by atoms with E-state index in [4.69, 9.17) is 4.74 Å². The van der Waals surface area contributed by atoms with E-state index in [0.717, 1.165) is 32.8 Å². The Morgan fingerprint density at radius 2 is 2.16 bits per heavy atom. The van der Waals surface area contributed by atoms with Crippen LogP contribution in [0.2, 0.25) is 0 Å². The molecule has 3 nitrogen and oxygen atoms in total. The summed E-state index contributed by atoms with van der Waals surface area (Å²) < 4.78 is 5.59. The maximum atomic E-state index is 5.59. The number of ether oxygens (including phenoxy) is 1. The van der Waals surface area contributed by atoms with Crippen LogP contribution in [-0.2, 0) is 11.2 Å². The Kier molecular flexibility index (Phi) is 6.34. The van der Waals surface area contributed by atoms with Crippen molar-refractivity contribution in [2.24, 2.45) is 0 Å². The number of hydrogen-bond donors (Lipinski definition) is 1. The van der Waals surface area contributed by atoms with Crippen molar-refractivity contribution in [1.82, 2.24) is 10.2 Å². The first kappa shape index (κ1) is 14.5. The van der Waals surface area contributed by atoms with Crippen LogP contribution in [0, 0.1) is 0 Å². The lowest BCUT2D eigenvalue weighted by Gasteiger charge is -2.35. The molecule has 1 aliphatic heterocycles. The maximum Gasteiger partial charge on any atom is 0.0634 e. The summed E-state index contributed by atoms with van der Waals surface area (Å²) in [5.74, 6) is 0. The fourth-order valence-corrected chi connectivity index (χ4v) is 2.61. The van der Waals surface area contributed by atoms with Gasteiger partial charge >= 0.3 is 0 Å². The smallest absolute Gasteiger partial charge is 0.0634 e. The first-order valence-corrected chi connectivity index (χ1v) is 7.46. The van der Waals surface area contributed by atoms with Crippen LogP contribution >= 0.6 is 0 Å². The van der Waals surface area contributed by atoms with Gasteiger partial charge in [0.1, 0.15) is 0 Å². The van der Waals surface area contributed by atoms with Gasteiger partial charge in [-0.1, -0.05) is 37.3 Å². The molecule has 1 aromatic rings. The predicted molar refractivity (Wildman–Crippen MR) is 79.5 cm³/mol. The molecular formula is C16H26N2O. The van der Waals surface area contributed by atoms with Crippen molar-refractivity contribution in [1.29, 1.82) is 0 Å².